The number of ether oxygens (including phenoxy) is 1. The van der Waals surface area contributed by atoms with Crippen molar-refractivity contribution in [2.45, 2.75) is 64.2 Å². The smallest absolute Gasteiger partial charge is 0.0976 e. The fraction of sp³-hybridized carbons (Fsp3) is 0.647. The third kappa shape index (κ3) is 3.80. The maximum Gasteiger partial charge on any atom is 0.0976 e. The van der Waals surface area contributed by atoms with Gasteiger partial charge in [0.05, 0.1) is 12.2 Å². The highest BCUT2D eigenvalue weighted by molar-refractivity contribution is 5.19. The number of rotatable bonds is 5. The van der Waals surface area contributed by atoms with Gasteiger partial charge in [-0.3, -0.25) is 0 Å². The number of hydrogen-bond acceptors (Lipinski definition) is 2. The van der Waals surface area contributed by atoms with Crippen molar-refractivity contribution in [1.82, 2.24) is 0 Å². The lowest BCUT2D eigenvalue weighted by atomic mass is 9.84. The predicted octanol–water partition coefficient (Wildman–Crippen LogP) is 4.06. The summed E-state index contributed by atoms with van der Waals surface area (Å²) in [5.74, 6) is 0.707. The average molecular weight is 261 g/mol. The standard InChI is InChI=1S/C17H27NO/c1-3-14-9-7-8-12-16(14)19-17(13(2)18)15-10-5-4-6-11-15/h4-6,10-11,13-14,16-17H,3,7-9,12,18H2,1-2H3. The van der Waals surface area contributed by atoms with E-state index in [9.17, 15) is 0 Å². The van der Waals surface area contributed by atoms with Gasteiger partial charge in [-0.1, -0.05) is 56.5 Å². The second kappa shape index (κ2) is 7.06. The van der Waals surface area contributed by atoms with Crippen molar-refractivity contribution in [2.24, 2.45) is 11.7 Å². The van der Waals surface area contributed by atoms with E-state index in [0.29, 0.717) is 12.0 Å². The second-order valence-electron chi connectivity index (χ2n) is 5.82. The Hall–Kier alpha value is -0.860. The first kappa shape index (κ1) is 14.5. The van der Waals surface area contributed by atoms with Crippen molar-refractivity contribution in [3.8, 4) is 0 Å². The fourth-order valence-electron chi connectivity index (χ4n) is 3.16. The molecular formula is C17H27NO. The molecule has 2 rings (SSSR count). The van der Waals surface area contributed by atoms with Crippen molar-refractivity contribution in [2.75, 3.05) is 0 Å². The molecule has 0 saturated heterocycles. The van der Waals surface area contributed by atoms with Gasteiger partial charge in [-0.15, -0.1) is 0 Å². The summed E-state index contributed by atoms with van der Waals surface area (Å²) in [6, 6.07) is 10.4. The molecule has 2 heteroatoms. The summed E-state index contributed by atoms with van der Waals surface area (Å²) in [5, 5.41) is 0. The van der Waals surface area contributed by atoms with Crippen molar-refractivity contribution in [1.29, 1.82) is 0 Å². The lowest BCUT2D eigenvalue weighted by molar-refractivity contribution is -0.0700. The Morgan fingerprint density at radius 2 is 1.89 bits per heavy atom. The summed E-state index contributed by atoms with van der Waals surface area (Å²) in [4.78, 5) is 0. The van der Waals surface area contributed by atoms with E-state index in [0.717, 1.165) is 0 Å². The molecule has 4 atom stereocenters. The van der Waals surface area contributed by atoms with Crippen LogP contribution in [0, 0.1) is 5.92 Å². The normalized spacial score (nSPS) is 26.9. The first-order valence-electron chi connectivity index (χ1n) is 7.68. The van der Waals surface area contributed by atoms with Gasteiger partial charge in [0.15, 0.2) is 0 Å². The molecule has 2 nitrogen and oxygen atoms in total. The van der Waals surface area contributed by atoms with Crippen LogP contribution in [0.1, 0.15) is 57.6 Å². The molecule has 1 saturated carbocycles. The highest BCUT2D eigenvalue weighted by atomic mass is 16.5. The van der Waals surface area contributed by atoms with Crippen molar-refractivity contribution in [3.05, 3.63) is 35.9 Å². The molecule has 0 amide bonds. The van der Waals surface area contributed by atoms with E-state index in [1.807, 2.05) is 13.0 Å². The van der Waals surface area contributed by atoms with Crippen LogP contribution in [0.5, 0.6) is 0 Å². The third-order valence-electron chi connectivity index (χ3n) is 4.29. The Balaban J connectivity index is 2.08. The van der Waals surface area contributed by atoms with Gasteiger partial charge in [-0.25, -0.2) is 0 Å². The molecule has 0 bridgehead atoms. The van der Waals surface area contributed by atoms with Crippen molar-refractivity contribution >= 4 is 0 Å². The molecular weight excluding hydrogens is 234 g/mol. The zero-order chi connectivity index (χ0) is 13.7. The van der Waals surface area contributed by atoms with E-state index in [-0.39, 0.29) is 12.1 Å². The molecule has 2 N–H and O–H groups in total. The lowest BCUT2D eigenvalue weighted by Gasteiger charge is -2.35. The summed E-state index contributed by atoms with van der Waals surface area (Å²) in [5.41, 5.74) is 7.35. The largest absolute Gasteiger partial charge is 0.368 e. The van der Waals surface area contributed by atoms with Gasteiger partial charge in [0, 0.05) is 6.04 Å². The maximum absolute atomic E-state index is 6.42. The van der Waals surface area contributed by atoms with Crippen LogP contribution in [0.15, 0.2) is 30.3 Å². The molecule has 0 radical (unpaired) electrons. The summed E-state index contributed by atoms with van der Waals surface area (Å²) in [6.45, 7) is 4.32. The Morgan fingerprint density at radius 3 is 2.53 bits per heavy atom. The van der Waals surface area contributed by atoms with Gasteiger partial charge in [0.25, 0.3) is 0 Å². The number of hydrogen-bond donors (Lipinski definition) is 1. The van der Waals surface area contributed by atoms with Gasteiger partial charge in [-0.2, -0.15) is 0 Å². The minimum atomic E-state index is 0.0262. The van der Waals surface area contributed by atoms with Crippen LogP contribution in [0.3, 0.4) is 0 Å². The average Bonchev–Trinajstić information content (AvgIpc) is 2.45. The Morgan fingerprint density at radius 1 is 1.21 bits per heavy atom. The van der Waals surface area contributed by atoms with Crippen LogP contribution in [0.25, 0.3) is 0 Å². The van der Waals surface area contributed by atoms with E-state index in [4.69, 9.17) is 10.5 Å². The van der Waals surface area contributed by atoms with Crippen molar-refractivity contribution in [3.63, 3.8) is 0 Å². The van der Waals surface area contributed by atoms with Gasteiger partial charge in [0.2, 0.25) is 0 Å². The monoisotopic (exact) mass is 261 g/mol. The number of nitrogens with two attached hydrogens (primary N) is 1. The van der Waals surface area contributed by atoms with E-state index in [2.05, 4.69) is 31.2 Å². The van der Waals surface area contributed by atoms with Crippen molar-refractivity contribution < 1.29 is 4.74 Å². The maximum atomic E-state index is 6.42. The van der Waals surface area contributed by atoms with E-state index in [1.54, 1.807) is 0 Å². The molecule has 4 unspecified atom stereocenters. The summed E-state index contributed by atoms with van der Waals surface area (Å²) < 4.78 is 6.42. The van der Waals surface area contributed by atoms with Crippen LogP contribution in [-0.4, -0.2) is 12.1 Å². The summed E-state index contributed by atoms with van der Waals surface area (Å²) in [6.07, 6.45) is 6.77. The SMILES string of the molecule is CCC1CCCCC1OC(c1ccccc1)C(C)N. The molecule has 1 aliphatic rings. The van der Waals surface area contributed by atoms with E-state index >= 15 is 0 Å². The topological polar surface area (TPSA) is 35.2 Å². The molecule has 19 heavy (non-hydrogen) atoms. The van der Waals surface area contributed by atoms with Crippen LogP contribution in [-0.2, 0) is 4.74 Å². The Labute approximate surface area is 117 Å². The Bertz CT molecular complexity index is 363. The Kier molecular flexibility index (Phi) is 5.41. The first-order chi connectivity index (χ1) is 9.22. The van der Waals surface area contributed by atoms with E-state index in [1.165, 1.54) is 37.7 Å². The molecule has 0 spiro atoms. The summed E-state index contributed by atoms with van der Waals surface area (Å²) in [7, 11) is 0. The van der Waals surface area contributed by atoms with E-state index < -0.39 is 0 Å². The summed E-state index contributed by atoms with van der Waals surface area (Å²) >= 11 is 0. The lowest BCUT2D eigenvalue weighted by Crippen LogP contribution is -2.35. The number of benzene rings is 1. The zero-order valence-electron chi connectivity index (χ0n) is 12.2. The van der Waals surface area contributed by atoms with Crippen LogP contribution < -0.4 is 5.73 Å². The zero-order valence-corrected chi connectivity index (χ0v) is 12.2. The van der Waals surface area contributed by atoms with Gasteiger partial charge < -0.3 is 10.5 Å². The molecule has 1 aromatic carbocycles. The quantitative estimate of drug-likeness (QED) is 0.867. The molecule has 1 aromatic rings. The third-order valence-corrected chi connectivity index (χ3v) is 4.29. The second-order valence-corrected chi connectivity index (χ2v) is 5.82. The highest BCUT2D eigenvalue weighted by Gasteiger charge is 2.28. The first-order valence-corrected chi connectivity index (χ1v) is 7.68. The fourth-order valence-corrected chi connectivity index (χ4v) is 3.16. The highest BCUT2D eigenvalue weighted by Crippen LogP contribution is 2.33. The molecule has 0 aromatic heterocycles. The van der Waals surface area contributed by atoms with Crippen LogP contribution >= 0.6 is 0 Å². The molecule has 106 valence electrons. The van der Waals surface area contributed by atoms with Crippen LogP contribution in [0.4, 0.5) is 0 Å². The molecule has 1 fully saturated rings. The molecule has 0 heterocycles. The minimum Gasteiger partial charge on any atom is -0.368 e. The van der Waals surface area contributed by atoms with Gasteiger partial charge in [0.1, 0.15) is 0 Å². The van der Waals surface area contributed by atoms with Gasteiger partial charge in [-0.05, 0) is 31.2 Å². The molecule has 1 aliphatic carbocycles. The van der Waals surface area contributed by atoms with Crippen LogP contribution in [0.2, 0.25) is 0 Å². The molecule has 0 aliphatic heterocycles. The van der Waals surface area contributed by atoms with Gasteiger partial charge >= 0.3 is 0 Å². The predicted molar refractivity (Wildman–Crippen MR) is 80.0 cm³/mol. The minimum absolute atomic E-state index is 0.0262.